The maximum absolute atomic E-state index is 10.6. The molecule has 1 atom stereocenters. The summed E-state index contributed by atoms with van der Waals surface area (Å²) in [5.74, 6) is 1.61. The molecule has 0 saturated heterocycles. The molecule has 1 heterocycles. The number of hydrogen-bond donors (Lipinski definition) is 0. The molecule has 2 heteroatoms. The Hall–Kier alpha value is -1.57. The smallest absolute Gasteiger partial charge is 0.150 e. The SMILES string of the molecule is O=Cc1ccc2c(c1)C=CC(C1CC1)O2. The summed E-state index contributed by atoms with van der Waals surface area (Å²) in [6.45, 7) is 0. The van der Waals surface area contributed by atoms with Crippen LogP contribution in [0.1, 0.15) is 28.8 Å². The van der Waals surface area contributed by atoms with Crippen LogP contribution in [-0.2, 0) is 0 Å². The van der Waals surface area contributed by atoms with Gasteiger partial charge >= 0.3 is 0 Å². The van der Waals surface area contributed by atoms with Crippen LogP contribution in [0.3, 0.4) is 0 Å². The molecule has 0 N–H and O–H groups in total. The Balaban J connectivity index is 1.93. The Morgan fingerprint density at radius 2 is 2.20 bits per heavy atom. The standard InChI is InChI=1S/C13H12O2/c14-8-9-1-5-13-11(7-9)4-6-12(15-13)10-2-3-10/h1,4-8,10,12H,2-3H2. The first-order valence-electron chi connectivity index (χ1n) is 5.31. The first-order chi connectivity index (χ1) is 7.36. The normalized spacial score (nSPS) is 23.1. The monoisotopic (exact) mass is 200 g/mol. The highest BCUT2D eigenvalue weighted by atomic mass is 16.5. The Bertz CT molecular complexity index is 430. The highest BCUT2D eigenvalue weighted by molar-refractivity contribution is 5.78. The van der Waals surface area contributed by atoms with Gasteiger partial charge in [0.05, 0.1) is 0 Å². The van der Waals surface area contributed by atoms with Crippen LogP contribution in [0.2, 0.25) is 0 Å². The lowest BCUT2D eigenvalue weighted by molar-refractivity contribution is 0.112. The van der Waals surface area contributed by atoms with Gasteiger partial charge in [0.1, 0.15) is 18.1 Å². The molecule has 76 valence electrons. The quantitative estimate of drug-likeness (QED) is 0.686. The van der Waals surface area contributed by atoms with Crippen molar-refractivity contribution in [3.8, 4) is 5.75 Å². The zero-order valence-corrected chi connectivity index (χ0v) is 8.35. The van der Waals surface area contributed by atoms with E-state index in [4.69, 9.17) is 4.74 Å². The average Bonchev–Trinajstić information content (AvgIpc) is 3.11. The summed E-state index contributed by atoms with van der Waals surface area (Å²) in [6.07, 6.45) is 7.83. The summed E-state index contributed by atoms with van der Waals surface area (Å²) < 4.78 is 5.85. The third-order valence-electron chi connectivity index (χ3n) is 2.99. The minimum Gasteiger partial charge on any atom is -0.485 e. The van der Waals surface area contributed by atoms with Crippen LogP contribution < -0.4 is 4.74 Å². The van der Waals surface area contributed by atoms with Gasteiger partial charge in [-0.2, -0.15) is 0 Å². The first-order valence-corrected chi connectivity index (χ1v) is 5.31. The van der Waals surface area contributed by atoms with Crippen LogP contribution in [0.4, 0.5) is 0 Å². The van der Waals surface area contributed by atoms with Gasteiger partial charge in [-0.1, -0.05) is 6.08 Å². The van der Waals surface area contributed by atoms with E-state index in [1.165, 1.54) is 12.8 Å². The van der Waals surface area contributed by atoms with Gasteiger partial charge < -0.3 is 4.74 Å². The third-order valence-corrected chi connectivity index (χ3v) is 2.99. The van der Waals surface area contributed by atoms with Crippen LogP contribution in [0.25, 0.3) is 6.08 Å². The van der Waals surface area contributed by atoms with Crippen molar-refractivity contribution in [1.82, 2.24) is 0 Å². The molecule has 0 spiro atoms. The lowest BCUT2D eigenvalue weighted by atomic mass is 10.1. The van der Waals surface area contributed by atoms with E-state index >= 15 is 0 Å². The van der Waals surface area contributed by atoms with E-state index in [1.54, 1.807) is 6.07 Å². The summed E-state index contributed by atoms with van der Waals surface area (Å²) >= 11 is 0. The average molecular weight is 200 g/mol. The molecule has 0 amide bonds. The second kappa shape index (κ2) is 3.23. The fourth-order valence-electron chi connectivity index (χ4n) is 1.94. The van der Waals surface area contributed by atoms with E-state index in [1.807, 2.05) is 12.1 Å². The number of aldehydes is 1. The van der Waals surface area contributed by atoms with Crippen LogP contribution >= 0.6 is 0 Å². The molecule has 1 aromatic carbocycles. The molecule has 0 radical (unpaired) electrons. The predicted octanol–water partition coefficient (Wildman–Crippen LogP) is 2.68. The van der Waals surface area contributed by atoms with Gasteiger partial charge in [-0.15, -0.1) is 0 Å². The molecule has 0 bridgehead atoms. The van der Waals surface area contributed by atoms with Crippen LogP contribution in [-0.4, -0.2) is 12.4 Å². The number of benzene rings is 1. The zero-order chi connectivity index (χ0) is 10.3. The van der Waals surface area contributed by atoms with Crippen LogP contribution in [0.15, 0.2) is 24.3 Å². The number of rotatable bonds is 2. The molecule has 15 heavy (non-hydrogen) atoms. The van der Waals surface area contributed by atoms with Gasteiger partial charge in [0.2, 0.25) is 0 Å². The Kier molecular flexibility index (Phi) is 1.88. The van der Waals surface area contributed by atoms with Crippen molar-refractivity contribution in [3.63, 3.8) is 0 Å². The van der Waals surface area contributed by atoms with E-state index in [2.05, 4.69) is 12.2 Å². The van der Waals surface area contributed by atoms with Crippen molar-refractivity contribution in [2.24, 2.45) is 5.92 Å². The second-order valence-corrected chi connectivity index (χ2v) is 4.19. The minimum absolute atomic E-state index is 0.250. The third kappa shape index (κ3) is 1.56. The molecule has 1 aliphatic heterocycles. The van der Waals surface area contributed by atoms with E-state index in [9.17, 15) is 4.79 Å². The molecule has 1 fully saturated rings. The number of ether oxygens (including phenoxy) is 1. The van der Waals surface area contributed by atoms with Crippen molar-refractivity contribution in [2.75, 3.05) is 0 Å². The van der Waals surface area contributed by atoms with E-state index in [0.717, 1.165) is 17.6 Å². The highest BCUT2D eigenvalue weighted by Gasteiger charge is 2.32. The fourth-order valence-corrected chi connectivity index (χ4v) is 1.94. The molecular weight excluding hydrogens is 188 g/mol. The van der Waals surface area contributed by atoms with Gasteiger partial charge in [0.15, 0.2) is 0 Å². The molecule has 1 aromatic rings. The topological polar surface area (TPSA) is 26.3 Å². The maximum atomic E-state index is 10.6. The lowest BCUT2D eigenvalue weighted by Crippen LogP contribution is -2.18. The summed E-state index contributed by atoms with van der Waals surface area (Å²) in [6, 6.07) is 5.55. The van der Waals surface area contributed by atoms with Crippen LogP contribution in [0.5, 0.6) is 5.75 Å². The second-order valence-electron chi connectivity index (χ2n) is 4.19. The number of fused-ring (bicyclic) bond motifs is 1. The zero-order valence-electron chi connectivity index (χ0n) is 8.35. The van der Waals surface area contributed by atoms with Crippen molar-refractivity contribution in [2.45, 2.75) is 18.9 Å². The Morgan fingerprint density at radius 1 is 1.33 bits per heavy atom. The number of carbonyl (C=O) groups excluding carboxylic acids is 1. The minimum atomic E-state index is 0.250. The largest absolute Gasteiger partial charge is 0.485 e. The predicted molar refractivity (Wildman–Crippen MR) is 58.0 cm³/mol. The first kappa shape index (κ1) is 8.72. The Morgan fingerprint density at radius 3 is 2.93 bits per heavy atom. The van der Waals surface area contributed by atoms with Gasteiger partial charge in [-0.25, -0.2) is 0 Å². The molecule has 0 aromatic heterocycles. The van der Waals surface area contributed by atoms with E-state index in [0.29, 0.717) is 11.5 Å². The lowest BCUT2D eigenvalue weighted by Gasteiger charge is -2.21. The molecular formula is C13H12O2. The maximum Gasteiger partial charge on any atom is 0.150 e. The Labute approximate surface area is 88.6 Å². The summed E-state index contributed by atoms with van der Waals surface area (Å²) in [5.41, 5.74) is 1.71. The van der Waals surface area contributed by atoms with Gasteiger partial charge in [0, 0.05) is 11.1 Å². The van der Waals surface area contributed by atoms with Crippen molar-refractivity contribution in [1.29, 1.82) is 0 Å². The summed E-state index contributed by atoms with van der Waals surface area (Å²) in [5, 5.41) is 0. The molecule has 1 aliphatic carbocycles. The van der Waals surface area contributed by atoms with Crippen molar-refractivity contribution >= 4 is 12.4 Å². The molecule has 2 nitrogen and oxygen atoms in total. The number of carbonyl (C=O) groups is 1. The highest BCUT2D eigenvalue weighted by Crippen LogP contribution is 2.38. The number of hydrogen-bond acceptors (Lipinski definition) is 2. The van der Waals surface area contributed by atoms with Crippen LogP contribution in [0, 0.1) is 5.92 Å². The summed E-state index contributed by atoms with van der Waals surface area (Å²) in [4.78, 5) is 10.6. The van der Waals surface area contributed by atoms with E-state index < -0.39 is 0 Å². The van der Waals surface area contributed by atoms with Gasteiger partial charge in [0.25, 0.3) is 0 Å². The van der Waals surface area contributed by atoms with E-state index in [-0.39, 0.29) is 6.10 Å². The molecule has 2 aliphatic rings. The summed E-state index contributed by atoms with van der Waals surface area (Å²) in [7, 11) is 0. The van der Waals surface area contributed by atoms with Crippen molar-refractivity contribution in [3.05, 3.63) is 35.4 Å². The molecule has 1 unspecified atom stereocenters. The molecule has 3 rings (SSSR count). The molecule has 1 saturated carbocycles. The van der Waals surface area contributed by atoms with Crippen molar-refractivity contribution < 1.29 is 9.53 Å². The van der Waals surface area contributed by atoms with Gasteiger partial charge in [-0.3, -0.25) is 4.79 Å². The fraction of sp³-hybridized carbons (Fsp3) is 0.308. The van der Waals surface area contributed by atoms with Gasteiger partial charge in [-0.05, 0) is 43.0 Å².